The van der Waals surface area contributed by atoms with Crippen LogP contribution in [-0.4, -0.2) is 31.8 Å². The van der Waals surface area contributed by atoms with Gasteiger partial charge in [-0.1, -0.05) is 18.2 Å². The quantitative estimate of drug-likeness (QED) is 0.907. The SMILES string of the molecule is COc1ccccc1CCNC(=O)C1C[C@@H](C)O[C@@H](C)C1. The van der Waals surface area contributed by atoms with Gasteiger partial charge in [-0.25, -0.2) is 0 Å². The molecule has 116 valence electrons. The van der Waals surface area contributed by atoms with Gasteiger partial charge >= 0.3 is 0 Å². The molecule has 1 fully saturated rings. The maximum Gasteiger partial charge on any atom is 0.223 e. The van der Waals surface area contributed by atoms with Crippen LogP contribution in [0.1, 0.15) is 32.3 Å². The summed E-state index contributed by atoms with van der Waals surface area (Å²) in [4.78, 5) is 12.2. The highest BCUT2D eigenvalue weighted by Crippen LogP contribution is 2.24. The largest absolute Gasteiger partial charge is 0.496 e. The molecule has 0 aromatic heterocycles. The lowest BCUT2D eigenvalue weighted by Crippen LogP contribution is -2.39. The van der Waals surface area contributed by atoms with E-state index in [0.717, 1.165) is 30.6 Å². The molecule has 1 heterocycles. The molecule has 1 amide bonds. The third-order valence-corrected chi connectivity index (χ3v) is 3.95. The molecule has 0 bridgehead atoms. The second kappa shape index (κ2) is 7.46. The Morgan fingerprint density at radius 3 is 2.62 bits per heavy atom. The number of hydrogen-bond donors (Lipinski definition) is 1. The summed E-state index contributed by atoms with van der Waals surface area (Å²) in [6.07, 6.45) is 2.73. The average molecular weight is 291 g/mol. The highest BCUT2D eigenvalue weighted by molar-refractivity contribution is 5.78. The standard InChI is InChI=1S/C17H25NO3/c1-12-10-15(11-13(2)21-12)17(19)18-9-8-14-6-4-5-7-16(14)20-3/h4-7,12-13,15H,8-11H2,1-3H3,(H,18,19)/t12-,13+,15?. The van der Waals surface area contributed by atoms with Crippen LogP contribution in [0.25, 0.3) is 0 Å². The number of methoxy groups -OCH3 is 1. The van der Waals surface area contributed by atoms with Crippen molar-refractivity contribution in [3.8, 4) is 5.75 Å². The first-order chi connectivity index (χ1) is 10.1. The number of hydrogen-bond acceptors (Lipinski definition) is 3. The molecule has 0 radical (unpaired) electrons. The summed E-state index contributed by atoms with van der Waals surface area (Å²) < 4.78 is 11.0. The third kappa shape index (κ3) is 4.46. The van der Waals surface area contributed by atoms with Gasteiger partial charge in [0.25, 0.3) is 0 Å². The van der Waals surface area contributed by atoms with E-state index in [-0.39, 0.29) is 24.0 Å². The van der Waals surface area contributed by atoms with Gasteiger partial charge in [0.05, 0.1) is 19.3 Å². The van der Waals surface area contributed by atoms with Crippen molar-refractivity contribution in [2.24, 2.45) is 5.92 Å². The van der Waals surface area contributed by atoms with E-state index in [2.05, 4.69) is 5.32 Å². The molecule has 1 unspecified atom stereocenters. The second-order valence-electron chi connectivity index (χ2n) is 5.78. The number of ether oxygens (including phenoxy) is 2. The second-order valence-corrected chi connectivity index (χ2v) is 5.78. The molecule has 21 heavy (non-hydrogen) atoms. The molecule has 4 heteroatoms. The highest BCUT2D eigenvalue weighted by Gasteiger charge is 2.29. The zero-order valence-corrected chi connectivity index (χ0v) is 13.1. The summed E-state index contributed by atoms with van der Waals surface area (Å²) in [6.45, 7) is 4.70. The zero-order valence-electron chi connectivity index (χ0n) is 13.1. The maximum absolute atomic E-state index is 12.2. The zero-order chi connectivity index (χ0) is 15.2. The van der Waals surface area contributed by atoms with Crippen LogP contribution in [0.3, 0.4) is 0 Å². The predicted octanol–water partition coefficient (Wildman–Crippen LogP) is 2.56. The molecule has 1 N–H and O–H groups in total. The van der Waals surface area contributed by atoms with E-state index >= 15 is 0 Å². The lowest BCUT2D eigenvalue weighted by molar-refractivity contribution is -0.133. The van der Waals surface area contributed by atoms with Crippen molar-refractivity contribution >= 4 is 5.91 Å². The van der Waals surface area contributed by atoms with Crippen LogP contribution in [0.4, 0.5) is 0 Å². The molecule has 4 nitrogen and oxygen atoms in total. The van der Waals surface area contributed by atoms with E-state index in [9.17, 15) is 4.79 Å². The Hall–Kier alpha value is -1.55. The number of para-hydroxylation sites is 1. The number of benzene rings is 1. The molecule has 3 atom stereocenters. The van der Waals surface area contributed by atoms with Crippen LogP contribution in [-0.2, 0) is 16.0 Å². The normalized spacial score (nSPS) is 25.4. The molecular weight excluding hydrogens is 266 g/mol. The molecule has 0 saturated carbocycles. The van der Waals surface area contributed by atoms with Gasteiger partial charge in [0.15, 0.2) is 0 Å². The summed E-state index contributed by atoms with van der Waals surface area (Å²) in [5.74, 6) is 1.09. The molecule has 0 aliphatic carbocycles. The van der Waals surface area contributed by atoms with E-state index < -0.39 is 0 Å². The van der Waals surface area contributed by atoms with Crippen LogP contribution in [0, 0.1) is 5.92 Å². The third-order valence-electron chi connectivity index (χ3n) is 3.95. The van der Waals surface area contributed by atoms with Gasteiger partial charge in [-0.2, -0.15) is 0 Å². The van der Waals surface area contributed by atoms with E-state index in [1.54, 1.807) is 7.11 Å². The van der Waals surface area contributed by atoms with Crippen molar-refractivity contribution in [1.29, 1.82) is 0 Å². The molecule has 1 saturated heterocycles. The van der Waals surface area contributed by atoms with Crippen molar-refractivity contribution in [3.63, 3.8) is 0 Å². The Labute approximate surface area is 126 Å². The Bertz CT molecular complexity index is 465. The van der Waals surface area contributed by atoms with Gasteiger partial charge in [0, 0.05) is 12.5 Å². The predicted molar refractivity (Wildman–Crippen MR) is 82.4 cm³/mol. The van der Waals surface area contributed by atoms with Crippen LogP contribution in [0.2, 0.25) is 0 Å². The smallest absolute Gasteiger partial charge is 0.223 e. The molecule has 1 aromatic carbocycles. The van der Waals surface area contributed by atoms with Gasteiger partial charge in [0.1, 0.15) is 5.75 Å². The lowest BCUT2D eigenvalue weighted by atomic mass is 9.92. The van der Waals surface area contributed by atoms with Gasteiger partial charge in [-0.15, -0.1) is 0 Å². The van der Waals surface area contributed by atoms with Gasteiger partial charge in [-0.05, 0) is 44.7 Å². The first-order valence-electron chi connectivity index (χ1n) is 7.65. The molecule has 1 aliphatic rings. The highest BCUT2D eigenvalue weighted by atomic mass is 16.5. The van der Waals surface area contributed by atoms with E-state index in [1.165, 1.54) is 0 Å². The van der Waals surface area contributed by atoms with Crippen LogP contribution in [0.5, 0.6) is 5.75 Å². The summed E-state index contributed by atoms with van der Waals surface area (Å²) in [5, 5.41) is 3.04. The molecule has 2 rings (SSSR count). The van der Waals surface area contributed by atoms with Crippen molar-refractivity contribution in [3.05, 3.63) is 29.8 Å². The summed E-state index contributed by atoms with van der Waals surface area (Å²) in [7, 11) is 1.67. The number of nitrogens with one attached hydrogen (secondary N) is 1. The monoisotopic (exact) mass is 291 g/mol. The molecule has 1 aliphatic heterocycles. The van der Waals surface area contributed by atoms with Crippen molar-refractivity contribution in [2.75, 3.05) is 13.7 Å². The summed E-state index contributed by atoms with van der Waals surface area (Å²) >= 11 is 0. The van der Waals surface area contributed by atoms with E-state index in [1.807, 2.05) is 38.1 Å². The minimum Gasteiger partial charge on any atom is -0.496 e. The molecule has 0 spiro atoms. The van der Waals surface area contributed by atoms with Crippen LogP contribution >= 0.6 is 0 Å². The first kappa shape index (κ1) is 15.8. The molecule has 1 aromatic rings. The molecular formula is C17H25NO3. The van der Waals surface area contributed by atoms with Crippen molar-refractivity contribution < 1.29 is 14.3 Å². The number of amides is 1. The fourth-order valence-electron chi connectivity index (χ4n) is 2.99. The maximum atomic E-state index is 12.2. The Morgan fingerprint density at radius 1 is 1.29 bits per heavy atom. The van der Waals surface area contributed by atoms with Gasteiger partial charge < -0.3 is 14.8 Å². The summed E-state index contributed by atoms with van der Waals surface area (Å²) in [6, 6.07) is 7.91. The minimum atomic E-state index is 0.0708. The van der Waals surface area contributed by atoms with Gasteiger partial charge in [0.2, 0.25) is 5.91 Å². The van der Waals surface area contributed by atoms with E-state index in [4.69, 9.17) is 9.47 Å². The Balaban J connectivity index is 1.81. The fourth-order valence-corrected chi connectivity index (χ4v) is 2.99. The Kier molecular flexibility index (Phi) is 5.62. The topological polar surface area (TPSA) is 47.6 Å². The fraction of sp³-hybridized carbons (Fsp3) is 0.588. The summed E-state index contributed by atoms with van der Waals surface area (Å²) in [5.41, 5.74) is 1.12. The minimum absolute atomic E-state index is 0.0708. The Morgan fingerprint density at radius 2 is 1.95 bits per heavy atom. The lowest BCUT2D eigenvalue weighted by Gasteiger charge is -2.31. The van der Waals surface area contributed by atoms with Crippen molar-refractivity contribution in [2.45, 2.75) is 45.3 Å². The van der Waals surface area contributed by atoms with Gasteiger partial charge in [-0.3, -0.25) is 4.79 Å². The number of rotatable bonds is 5. The van der Waals surface area contributed by atoms with Crippen LogP contribution < -0.4 is 10.1 Å². The first-order valence-corrected chi connectivity index (χ1v) is 7.65. The van der Waals surface area contributed by atoms with Crippen LogP contribution in [0.15, 0.2) is 24.3 Å². The van der Waals surface area contributed by atoms with E-state index in [0.29, 0.717) is 6.54 Å². The number of carbonyl (C=O) groups excluding carboxylic acids is 1. The average Bonchev–Trinajstić information content (AvgIpc) is 2.46. The van der Waals surface area contributed by atoms with Crippen molar-refractivity contribution in [1.82, 2.24) is 5.32 Å². The number of carbonyl (C=O) groups is 1.